The van der Waals surface area contributed by atoms with Gasteiger partial charge in [-0.2, -0.15) is 4.98 Å². The molecule has 41 heavy (non-hydrogen) atoms. The number of morpholine rings is 1. The number of anilines is 2. The maximum absolute atomic E-state index is 13.3. The Morgan fingerprint density at radius 3 is 2.34 bits per heavy atom. The van der Waals surface area contributed by atoms with E-state index in [0.29, 0.717) is 59.2 Å². The average Bonchev–Trinajstić information content (AvgIpc) is 3.02. The molecule has 1 atom stereocenters. The van der Waals surface area contributed by atoms with Crippen LogP contribution in [0.2, 0.25) is 5.02 Å². The highest BCUT2D eigenvalue weighted by molar-refractivity contribution is 6.32. The van der Waals surface area contributed by atoms with Crippen molar-refractivity contribution >= 4 is 29.3 Å². The normalized spacial score (nSPS) is 14.8. The molecule has 2 N–H and O–H groups in total. The molecule has 1 aromatic heterocycles. The SMILES string of the molecule is COC(=O)c1c(NCc2ccc(OC)c(Cl)c2)nc(N2CCOC(CO)C2)nc1-c1cc(OC)c(OC)c(OC)c1. The van der Waals surface area contributed by atoms with Crippen molar-refractivity contribution in [1.29, 1.82) is 0 Å². The summed E-state index contributed by atoms with van der Waals surface area (Å²) in [6, 6.07) is 8.77. The number of nitrogens with zero attached hydrogens (tertiary/aromatic N) is 3. The third-order valence-corrected chi connectivity index (χ3v) is 6.82. The quantitative estimate of drug-likeness (QED) is 0.318. The Morgan fingerprint density at radius 2 is 1.76 bits per heavy atom. The number of esters is 1. The van der Waals surface area contributed by atoms with Gasteiger partial charge in [0.1, 0.15) is 17.1 Å². The van der Waals surface area contributed by atoms with Crippen LogP contribution in [-0.2, 0) is 16.0 Å². The van der Waals surface area contributed by atoms with E-state index in [-0.39, 0.29) is 30.2 Å². The van der Waals surface area contributed by atoms with Crippen molar-refractivity contribution < 1.29 is 38.3 Å². The van der Waals surface area contributed by atoms with Crippen molar-refractivity contribution in [1.82, 2.24) is 9.97 Å². The molecule has 1 aliphatic rings. The molecule has 12 nitrogen and oxygen atoms in total. The van der Waals surface area contributed by atoms with E-state index >= 15 is 0 Å². The second kappa shape index (κ2) is 13.6. The maximum atomic E-state index is 13.3. The molecule has 2 heterocycles. The number of hydrogen-bond donors (Lipinski definition) is 2. The molecule has 0 amide bonds. The Hall–Kier alpha value is -4.00. The van der Waals surface area contributed by atoms with Crippen molar-refractivity contribution in [2.45, 2.75) is 12.6 Å². The Morgan fingerprint density at radius 1 is 1.05 bits per heavy atom. The van der Waals surface area contributed by atoms with Crippen LogP contribution in [0.15, 0.2) is 30.3 Å². The van der Waals surface area contributed by atoms with E-state index in [9.17, 15) is 9.90 Å². The minimum absolute atomic E-state index is 0.108. The maximum Gasteiger partial charge on any atom is 0.343 e. The van der Waals surface area contributed by atoms with E-state index in [4.69, 9.17) is 50.0 Å². The lowest BCUT2D eigenvalue weighted by Crippen LogP contribution is -2.45. The van der Waals surface area contributed by atoms with E-state index in [2.05, 4.69) is 5.32 Å². The second-order valence-electron chi connectivity index (χ2n) is 8.95. The van der Waals surface area contributed by atoms with Gasteiger partial charge < -0.3 is 43.7 Å². The number of carbonyl (C=O) groups excluding carboxylic acids is 1. The van der Waals surface area contributed by atoms with Crippen molar-refractivity contribution in [2.75, 3.05) is 72.1 Å². The smallest absolute Gasteiger partial charge is 0.343 e. The Labute approximate surface area is 243 Å². The predicted molar refractivity (Wildman–Crippen MR) is 153 cm³/mol. The molecular weight excluding hydrogens is 556 g/mol. The standard InChI is InChI=1S/C28H33ClN4O8/c1-36-20-7-6-16(10-19(20)29)13-30-26-23(27(35)40-5)24(17-11-21(37-2)25(39-4)22(12-17)38-3)31-28(32-26)33-8-9-41-18(14-33)15-34/h6-7,10-12,18,34H,8-9,13-15H2,1-5H3,(H,30,31,32). The topological polar surface area (TPSA) is 134 Å². The van der Waals surface area contributed by atoms with Gasteiger partial charge in [0.25, 0.3) is 0 Å². The van der Waals surface area contributed by atoms with Crippen LogP contribution in [0.25, 0.3) is 11.3 Å². The molecule has 13 heteroatoms. The van der Waals surface area contributed by atoms with Crippen molar-refractivity contribution in [3.63, 3.8) is 0 Å². The highest BCUT2D eigenvalue weighted by atomic mass is 35.5. The lowest BCUT2D eigenvalue weighted by atomic mass is 10.0. The number of methoxy groups -OCH3 is 5. The summed E-state index contributed by atoms with van der Waals surface area (Å²) < 4.78 is 32.6. The zero-order chi connectivity index (χ0) is 29.5. The van der Waals surface area contributed by atoms with Gasteiger partial charge >= 0.3 is 5.97 Å². The lowest BCUT2D eigenvalue weighted by Gasteiger charge is -2.32. The summed E-state index contributed by atoms with van der Waals surface area (Å²) in [6.45, 7) is 1.34. The molecule has 0 radical (unpaired) electrons. The molecule has 1 saturated heterocycles. The van der Waals surface area contributed by atoms with Crippen LogP contribution >= 0.6 is 11.6 Å². The highest BCUT2D eigenvalue weighted by Gasteiger charge is 2.29. The van der Waals surface area contributed by atoms with E-state index in [1.54, 1.807) is 31.4 Å². The highest BCUT2D eigenvalue weighted by Crippen LogP contribution is 2.42. The number of ether oxygens (including phenoxy) is 6. The zero-order valence-corrected chi connectivity index (χ0v) is 24.3. The van der Waals surface area contributed by atoms with Crippen LogP contribution in [0.4, 0.5) is 11.8 Å². The number of aliphatic hydroxyl groups is 1. The van der Waals surface area contributed by atoms with Crippen molar-refractivity contribution in [3.8, 4) is 34.3 Å². The molecule has 1 aliphatic heterocycles. The summed E-state index contributed by atoms with van der Waals surface area (Å²) >= 11 is 6.33. The van der Waals surface area contributed by atoms with Crippen molar-refractivity contribution in [2.24, 2.45) is 0 Å². The van der Waals surface area contributed by atoms with E-state index in [1.807, 2.05) is 11.0 Å². The molecule has 220 valence electrons. The van der Waals surface area contributed by atoms with Gasteiger partial charge in [-0.25, -0.2) is 9.78 Å². The van der Waals surface area contributed by atoms with Gasteiger partial charge in [-0.3, -0.25) is 0 Å². The Kier molecular flexibility index (Phi) is 9.92. The van der Waals surface area contributed by atoms with Crippen LogP contribution < -0.4 is 29.2 Å². The van der Waals surface area contributed by atoms with Gasteiger partial charge in [0.2, 0.25) is 11.7 Å². The number of rotatable bonds is 11. The van der Waals surface area contributed by atoms with E-state index in [0.717, 1.165) is 5.56 Å². The molecule has 3 aromatic rings. The lowest BCUT2D eigenvalue weighted by molar-refractivity contribution is 0.00314. The van der Waals surface area contributed by atoms with Gasteiger partial charge in [0.05, 0.1) is 65.6 Å². The monoisotopic (exact) mass is 588 g/mol. The molecular formula is C28H33ClN4O8. The minimum atomic E-state index is -0.647. The molecule has 0 spiro atoms. The third kappa shape index (κ3) is 6.50. The Balaban J connectivity index is 1.89. The van der Waals surface area contributed by atoms with Crippen LogP contribution in [0.5, 0.6) is 23.0 Å². The van der Waals surface area contributed by atoms with Gasteiger partial charge in [-0.1, -0.05) is 17.7 Å². The molecule has 2 aromatic carbocycles. The van der Waals surface area contributed by atoms with E-state index < -0.39 is 12.1 Å². The number of benzene rings is 2. The zero-order valence-electron chi connectivity index (χ0n) is 23.5. The molecule has 1 unspecified atom stereocenters. The average molecular weight is 589 g/mol. The number of aromatic nitrogens is 2. The fourth-order valence-corrected chi connectivity index (χ4v) is 4.74. The first kappa shape index (κ1) is 30.0. The molecule has 0 bridgehead atoms. The number of aliphatic hydroxyl groups excluding tert-OH is 1. The first-order valence-corrected chi connectivity index (χ1v) is 13.1. The molecule has 0 saturated carbocycles. The number of halogens is 1. The number of carbonyl (C=O) groups is 1. The van der Waals surface area contributed by atoms with Gasteiger partial charge in [-0.15, -0.1) is 0 Å². The summed E-state index contributed by atoms with van der Waals surface area (Å²) in [6.07, 6.45) is -0.407. The first-order chi connectivity index (χ1) is 19.9. The summed E-state index contributed by atoms with van der Waals surface area (Å²) in [5.41, 5.74) is 1.72. The van der Waals surface area contributed by atoms with Crippen LogP contribution in [-0.4, -0.2) is 89.0 Å². The van der Waals surface area contributed by atoms with Crippen LogP contribution in [0.3, 0.4) is 0 Å². The fraction of sp³-hybridized carbons (Fsp3) is 0.393. The largest absolute Gasteiger partial charge is 0.495 e. The van der Waals surface area contributed by atoms with Crippen LogP contribution in [0, 0.1) is 0 Å². The summed E-state index contributed by atoms with van der Waals surface area (Å²) in [7, 11) is 7.34. The summed E-state index contributed by atoms with van der Waals surface area (Å²) in [5.74, 6) is 1.62. The fourth-order valence-electron chi connectivity index (χ4n) is 4.46. The second-order valence-corrected chi connectivity index (χ2v) is 9.35. The number of nitrogens with one attached hydrogen (secondary N) is 1. The molecule has 4 rings (SSSR count). The van der Waals surface area contributed by atoms with Gasteiger partial charge in [-0.05, 0) is 29.8 Å². The first-order valence-electron chi connectivity index (χ1n) is 12.7. The predicted octanol–water partition coefficient (Wildman–Crippen LogP) is 3.43. The van der Waals surface area contributed by atoms with Gasteiger partial charge in [0, 0.05) is 25.2 Å². The van der Waals surface area contributed by atoms with Crippen LogP contribution in [0.1, 0.15) is 15.9 Å². The third-order valence-electron chi connectivity index (χ3n) is 6.53. The summed E-state index contributed by atoms with van der Waals surface area (Å²) in [5, 5.41) is 13.4. The van der Waals surface area contributed by atoms with Crippen molar-refractivity contribution in [3.05, 3.63) is 46.5 Å². The van der Waals surface area contributed by atoms with E-state index in [1.165, 1.54) is 28.4 Å². The van der Waals surface area contributed by atoms with Gasteiger partial charge in [0.15, 0.2) is 11.5 Å². The minimum Gasteiger partial charge on any atom is -0.495 e. The number of hydrogen-bond acceptors (Lipinski definition) is 12. The molecule has 0 aliphatic carbocycles. The summed E-state index contributed by atoms with van der Waals surface area (Å²) in [4.78, 5) is 24.7. The molecule has 1 fully saturated rings. The Bertz CT molecular complexity index is 1360.